The molecule has 6 heteroatoms. The molecule has 1 aromatic carbocycles. The Balaban J connectivity index is 3.01. The van der Waals surface area contributed by atoms with Gasteiger partial charge in [0.1, 0.15) is 0 Å². The Morgan fingerprint density at radius 2 is 1.68 bits per heavy atom. The van der Waals surface area contributed by atoms with E-state index in [1.54, 1.807) is 0 Å². The normalized spacial score (nSPS) is 11.5. The molecule has 0 aliphatic heterocycles. The van der Waals surface area contributed by atoms with E-state index in [2.05, 4.69) is 5.32 Å². The molecule has 0 spiro atoms. The van der Waals surface area contributed by atoms with Gasteiger partial charge in [-0.05, 0) is 25.0 Å². The Morgan fingerprint density at radius 1 is 1.21 bits per heavy atom. The van der Waals surface area contributed by atoms with Crippen LogP contribution in [0.3, 0.4) is 0 Å². The number of halogens is 4. The molecule has 0 saturated heterocycles. The predicted molar refractivity (Wildman–Crippen MR) is 67.8 cm³/mol. The number of alkyl halides is 1. The Hall–Kier alpha value is -1.23. The summed E-state index contributed by atoms with van der Waals surface area (Å²) in [5, 5.41) is 2.64. The van der Waals surface area contributed by atoms with E-state index < -0.39 is 28.9 Å². The summed E-state index contributed by atoms with van der Waals surface area (Å²) in [6.07, 6.45) is 1.15. The highest BCUT2D eigenvalue weighted by Gasteiger charge is 2.28. The lowest BCUT2D eigenvalue weighted by Gasteiger charge is -2.30. The fraction of sp³-hybridized carbons (Fsp3) is 0.462. The largest absolute Gasteiger partial charge is 0.345 e. The molecular formula is C13H15ClF3NO. The number of amides is 1. The lowest BCUT2D eigenvalue weighted by atomic mass is 9.94. The minimum Gasteiger partial charge on any atom is -0.345 e. The Morgan fingerprint density at radius 3 is 2.05 bits per heavy atom. The van der Waals surface area contributed by atoms with Crippen LogP contribution in [0.25, 0.3) is 0 Å². The maximum Gasteiger partial charge on any atom is 0.251 e. The molecule has 0 saturated carbocycles. The molecule has 0 radical (unpaired) electrons. The third kappa shape index (κ3) is 3.41. The number of hydrogen-bond acceptors (Lipinski definition) is 1. The second-order valence-corrected chi connectivity index (χ2v) is 4.60. The minimum atomic E-state index is -1.59. The Kier molecular flexibility index (Phi) is 5.23. The lowest BCUT2D eigenvalue weighted by molar-refractivity contribution is 0.0901. The van der Waals surface area contributed by atoms with Crippen LogP contribution in [0.1, 0.15) is 37.0 Å². The van der Waals surface area contributed by atoms with E-state index in [-0.39, 0.29) is 11.4 Å². The van der Waals surface area contributed by atoms with Gasteiger partial charge in [0.15, 0.2) is 17.5 Å². The highest BCUT2D eigenvalue weighted by molar-refractivity contribution is 6.18. The summed E-state index contributed by atoms with van der Waals surface area (Å²) < 4.78 is 38.9. The van der Waals surface area contributed by atoms with Crippen molar-refractivity contribution in [2.24, 2.45) is 0 Å². The summed E-state index contributed by atoms with van der Waals surface area (Å²) in [5.41, 5.74) is -0.909. The fourth-order valence-corrected chi connectivity index (χ4v) is 2.09. The van der Waals surface area contributed by atoms with Gasteiger partial charge in [-0.2, -0.15) is 0 Å². The van der Waals surface area contributed by atoms with E-state index in [9.17, 15) is 18.0 Å². The van der Waals surface area contributed by atoms with Gasteiger partial charge in [0.2, 0.25) is 0 Å². The summed E-state index contributed by atoms with van der Waals surface area (Å²) in [6.45, 7) is 3.69. The average Bonchev–Trinajstić information content (AvgIpc) is 2.41. The first-order chi connectivity index (χ1) is 8.89. The summed E-state index contributed by atoms with van der Waals surface area (Å²) in [4.78, 5) is 11.9. The zero-order valence-electron chi connectivity index (χ0n) is 10.7. The molecule has 0 aliphatic rings. The number of rotatable bonds is 5. The van der Waals surface area contributed by atoms with Crippen molar-refractivity contribution < 1.29 is 18.0 Å². The highest BCUT2D eigenvalue weighted by atomic mass is 35.5. The highest BCUT2D eigenvalue weighted by Crippen LogP contribution is 2.19. The predicted octanol–water partition coefficient (Wildman–Crippen LogP) is 3.63. The van der Waals surface area contributed by atoms with Crippen LogP contribution in [0.4, 0.5) is 13.2 Å². The molecule has 1 rings (SSSR count). The van der Waals surface area contributed by atoms with E-state index in [0.717, 1.165) is 0 Å². The molecule has 0 fully saturated rings. The van der Waals surface area contributed by atoms with Gasteiger partial charge in [-0.15, -0.1) is 11.6 Å². The topological polar surface area (TPSA) is 29.1 Å². The molecule has 0 atom stereocenters. The van der Waals surface area contributed by atoms with Gasteiger partial charge < -0.3 is 5.32 Å². The molecule has 0 unspecified atom stereocenters. The summed E-state index contributed by atoms with van der Waals surface area (Å²) in [6, 6.07) is 1.33. The quantitative estimate of drug-likeness (QED) is 0.652. The summed E-state index contributed by atoms with van der Waals surface area (Å²) >= 11 is 5.82. The number of nitrogens with one attached hydrogen (secondary N) is 1. The maximum atomic E-state index is 13.1. The van der Waals surface area contributed by atoms with Gasteiger partial charge in [-0.1, -0.05) is 13.8 Å². The molecule has 0 aliphatic carbocycles. The number of hydrogen-bond donors (Lipinski definition) is 1. The van der Waals surface area contributed by atoms with Crippen molar-refractivity contribution >= 4 is 17.5 Å². The van der Waals surface area contributed by atoms with Crippen molar-refractivity contribution in [1.29, 1.82) is 0 Å². The van der Waals surface area contributed by atoms with Crippen molar-refractivity contribution in [3.05, 3.63) is 35.1 Å². The zero-order valence-corrected chi connectivity index (χ0v) is 11.5. The molecule has 1 amide bonds. The monoisotopic (exact) mass is 293 g/mol. The molecule has 0 aromatic heterocycles. The maximum absolute atomic E-state index is 13.1. The van der Waals surface area contributed by atoms with Crippen LogP contribution in [0, 0.1) is 17.5 Å². The minimum absolute atomic E-state index is 0.178. The van der Waals surface area contributed by atoms with Gasteiger partial charge in [-0.3, -0.25) is 4.79 Å². The Bertz CT molecular complexity index is 444. The lowest BCUT2D eigenvalue weighted by Crippen LogP contribution is -2.49. The second-order valence-electron chi connectivity index (χ2n) is 4.33. The van der Waals surface area contributed by atoms with Crippen molar-refractivity contribution in [1.82, 2.24) is 5.32 Å². The molecule has 1 aromatic rings. The Labute approximate surface area is 114 Å². The van der Waals surface area contributed by atoms with Gasteiger partial charge in [0, 0.05) is 11.4 Å². The van der Waals surface area contributed by atoms with Crippen LogP contribution in [-0.4, -0.2) is 17.3 Å². The van der Waals surface area contributed by atoms with Crippen LogP contribution in [0.2, 0.25) is 0 Å². The van der Waals surface area contributed by atoms with Gasteiger partial charge in [0.05, 0.1) is 5.54 Å². The van der Waals surface area contributed by atoms with Gasteiger partial charge in [-0.25, -0.2) is 13.2 Å². The van der Waals surface area contributed by atoms with Crippen molar-refractivity contribution in [3.8, 4) is 0 Å². The van der Waals surface area contributed by atoms with E-state index in [0.29, 0.717) is 25.0 Å². The van der Waals surface area contributed by atoms with Crippen molar-refractivity contribution in [2.45, 2.75) is 32.2 Å². The molecule has 2 nitrogen and oxygen atoms in total. The standard InChI is InChI=1S/C13H15ClF3NO/c1-3-13(4-2,7-14)18-12(19)8-5-9(15)11(17)10(16)6-8/h5-6H,3-4,7H2,1-2H3,(H,18,19). The number of benzene rings is 1. The second kappa shape index (κ2) is 6.28. The fourth-order valence-electron chi connectivity index (χ4n) is 1.65. The summed E-state index contributed by atoms with van der Waals surface area (Å²) in [7, 11) is 0. The smallest absolute Gasteiger partial charge is 0.251 e. The third-order valence-electron chi connectivity index (χ3n) is 3.23. The summed E-state index contributed by atoms with van der Waals surface area (Å²) in [5.74, 6) is -4.88. The number of carbonyl (C=O) groups is 1. The van der Waals surface area contributed by atoms with E-state index >= 15 is 0 Å². The molecular weight excluding hydrogens is 279 g/mol. The van der Waals surface area contributed by atoms with Gasteiger partial charge >= 0.3 is 0 Å². The first-order valence-electron chi connectivity index (χ1n) is 5.92. The third-order valence-corrected chi connectivity index (χ3v) is 3.75. The van der Waals surface area contributed by atoms with E-state index in [4.69, 9.17) is 11.6 Å². The molecule has 106 valence electrons. The number of carbonyl (C=O) groups excluding carboxylic acids is 1. The SMILES string of the molecule is CCC(CC)(CCl)NC(=O)c1cc(F)c(F)c(F)c1. The molecule has 19 heavy (non-hydrogen) atoms. The van der Waals surface area contributed by atoms with Crippen molar-refractivity contribution in [3.63, 3.8) is 0 Å². The van der Waals surface area contributed by atoms with Crippen LogP contribution in [0.5, 0.6) is 0 Å². The van der Waals surface area contributed by atoms with Crippen LogP contribution >= 0.6 is 11.6 Å². The molecule has 0 bridgehead atoms. The molecule has 1 N–H and O–H groups in total. The van der Waals surface area contributed by atoms with Crippen LogP contribution in [-0.2, 0) is 0 Å². The van der Waals surface area contributed by atoms with E-state index in [1.165, 1.54) is 0 Å². The molecule has 0 heterocycles. The van der Waals surface area contributed by atoms with Gasteiger partial charge in [0.25, 0.3) is 5.91 Å². The van der Waals surface area contributed by atoms with Crippen LogP contribution in [0.15, 0.2) is 12.1 Å². The van der Waals surface area contributed by atoms with Crippen molar-refractivity contribution in [2.75, 3.05) is 5.88 Å². The average molecular weight is 294 g/mol. The first kappa shape index (κ1) is 15.8. The van der Waals surface area contributed by atoms with Crippen LogP contribution < -0.4 is 5.32 Å². The first-order valence-corrected chi connectivity index (χ1v) is 6.45. The van der Waals surface area contributed by atoms with E-state index in [1.807, 2.05) is 13.8 Å². The zero-order chi connectivity index (χ0) is 14.6.